The highest BCUT2D eigenvalue weighted by Crippen LogP contribution is 2.34. The van der Waals surface area contributed by atoms with Crippen molar-refractivity contribution in [1.29, 1.82) is 0 Å². The lowest BCUT2D eigenvalue weighted by molar-refractivity contribution is -0.120. The first-order chi connectivity index (χ1) is 17.2. The Morgan fingerprint density at radius 2 is 1.64 bits per heavy atom. The second kappa shape index (κ2) is 10.5. The molecule has 1 N–H and O–H groups in total. The van der Waals surface area contributed by atoms with Gasteiger partial charge in [0.1, 0.15) is 25.5 Å². The first-order valence-corrected chi connectivity index (χ1v) is 13.1. The van der Waals surface area contributed by atoms with Crippen LogP contribution in [0.3, 0.4) is 0 Å². The maximum absolute atomic E-state index is 13.7. The molecule has 190 valence electrons. The summed E-state index contributed by atoms with van der Waals surface area (Å²) in [7, 11) is -2.60. The van der Waals surface area contributed by atoms with E-state index in [9.17, 15) is 13.2 Å². The third kappa shape index (κ3) is 5.41. The molecule has 8 nitrogen and oxygen atoms in total. The molecule has 9 heteroatoms. The number of carbonyl (C=O) groups is 1. The molecule has 1 atom stereocenters. The summed E-state index contributed by atoms with van der Waals surface area (Å²) < 4.78 is 45.2. The predicted molar refractivity (Wildman–Crippen MR) is 137 cm³/mol. The van der Waals surface area contributed by atoms with Gasteiger partial charge in [0.2, 0.25) is 5.91 Å². The maximum atomic E-state index is 13.7. The molecule has 0 bridgehead atoms. The lowest BCUT2D eigenvalue weighted by Crippen LogP contribution is -2.41. The van der Waals surface area contributed by atoms with Crippen LogP contribution in [-0.2, 0) is 14.8 Å². The number of fused-ring (bicyclic) bond motifs is 1. The van der Waals surface area contributed by atoms with Crippen LogP contribution in [0, 0.1) is 13.8 Å². The summed E-state index contributed by atoms with van der Waals surface area (Å²) >= 11 is 0. The fourth-order valence-corrected chi connectivity index (χ4v) is 5.39. The van der Waals surface area contributed by atoms with Crippen LogP contribution >= 0.6 is 0 Å². The second-order valence-corrected chi connectivity index (χ2v) is 10.6. The van der Waals surface area contributed by atoms with Gasteiger partial charge in [0.25, 0.3) is 10.0 Å². The quantitative estimate of drug-likeness (QED) is 0.489. The molecule has 0 aliphatic carbocycles. The molecule has 1 amide bonds. The fourth-order valence-electron chi connectivity index (χ4n) is 3.96. The van der Waals surface area contributed by atoms with Crippen LogP contribution < -0.4 is 23.8 Å². The Morgan fingerprint density at radius 3 is 2.33 bits per heavy atom. The third-order valence-electron chi connectivity index (χ3n) is 5.94. The molecular formula is C27H30N2O6S. The van der Waals surface area contributed by atoms with Gasteiger partial charge in [-0.2, -0.15) is 0 Å². The summed E-state index contributed by atoms with van der Waals surface area (Å²) in [5.74, 6) is 1.17. The number of ether oxygens (including phenoxy) is 3. The number of carbonyl (C=O) groups excluding carboxylic acids is 1. The van der Waals surface area contributed by atoms with E-state index in [2.05, 4.69) is 5.32 Å². The molecule has 4 rings (SSSR count). The van der Waals surface area contributed by atoms with Crippen molar-refractivity contribution in [2.75, 3.05) is 31.2 Å². The van der Waals surface area contributed by atoms with Gasteiger partial charge in [-0.05, 0) is 68.3 Å². The van der Waals surface area contributed by atoms with E-state index in [0.29, 0.717) is 36.1 Å². The van der Waals surface area contributed by atoms with Crippen molar-refractivity contribution < 1.29 is 27.4 Å². The highest BCUT2D eigenvalue weighted by Gasteiger charge is 2.30. The molecule has 1 aliphatic rings. The predicted octanol–water partition coefficient (Wildman–Crippen LogP) is 4.16. The number of nitrogens with zero attached hydrogens (tertiary/aromatic N) is 1. The number of benzene rings is 3. The molecule has 0 spiro atoms. The van der Waals surface area contributed by atoms with Crippen molar-refractivity contribution in [3.63, 3.8) is 0 Å². The number of hydrogen-bond donors (Lipinski definition) is 1. The minimum Gasteiger partial charge on any atom is -0.495 e. The van der Waals surface area contributed by atoms with Crippen LogP contribution in [-0.4, -0.2) is 41.2 Å². The van der Waals surface area contributed by atoms with E-state index >= 15 is 0 Å². The van der Waals surface area contributed by atoms with Crippen molar-refractivity contribution in [3.05, 3.63) is 77.4 Å². The summed E-state index contributed by atoms with van der Waals surface area (Å²) in [4.78, 5) is 13.3. The molecule has 0 saturated carbocycles. The Labute approximate surface area is 211 Å². The van der Waals surface area contributed by atoms with Gasteiger partial charge < -0.3 is 19.5 Å². The topological polar surface area (TPSA) is 94.2 Å². The second-order valence-electron chi connectivity index (χ2n) is 8.69. The zero-order valence-electron chi connectivity index (χ0n) is 20.8. The zero-order valence-corrected chi connectivity index (χ0v) is 21.6. The number of amides is 1. The van der Waals surface area contributed by atoms with Crippen LogP contribution in [0.1, 0.15) is 29.7 Å². The Morgan fingerprint density at radius 1 is 0.972 bits per heavy atom. The fraction of sp³-hybridized carbons (Fsp3) is 0.296. The zero-order chi connectivity index (χ0) is 25.9. The van der Waals surface area contributed by atoms with Crippen LogP contribution in [0.25, 0.3) is 0 Å². The van der Waals surface area contributed by atoms with Gasteiger partial charge in [0.05, 0.1) is 23.7 Å². The van der Waals surface area contributed by atoms with E-state index < -0.39 is 28.5 Å². The Kier molecular flexibility index (Phi) is 7.40. The average molecular weight is 511 g/mol. The number of anilines is 1. The summed E-state index contributed by atoms with van der Waals surface area (Å²) in [5.41, 5.74) is 2.87. The van der Waals surface area contributed by atoms with Gasteiger partial charge in [-0.25, -0.2) is 8.42 Å². The summed E-state index contributed by atoms with van der Waals surface area (Å²) in [6.45, 7) is 6.09. The van der Waals surface area contributed by atoms with Gasteiger partial charge in [-0.3, -0.25) is 9.10 Å². The smallest absolute Gasteiger partial charge is 0.264 e. The molecule has 0 saturated heterocycles. The molecule has 0 aromatic heterocycles. The summed E-state index contributed by atoms with van der Waals surface area (Å²) in [5, 5.41) is 2.91. The molecule has 0 fully saturated rings. The van der Waals surface area contributed by atoms with Gasteiger partial charge in [0, 0.05) is 0 Å². The molecule has 36 heavy (non-hydrogen) atoms. The minimum atomic E-state index is -4.07. The average Bonchev–Trinajstić information content (AvgIpc) is 2.87. The number of rotatable bonds is 8. The van der Waals surface area contributed by atoms with Crippen LogP contribution in [0.4, 0.5) is 5.69 Å². The third-order valence-corrected chi connectivity index (χ3v) is 7.72. The van der Waals surface area contributed by atoms with E-state index in [1.165, 1.54) is 19.2 Å². The van der Waals surface area contributed by atoms with Gasteiger partial charge in [0.15, 0.2) is 11.5 Å². The van der Waals surface area contributed by atoms with Crippen molar-refractivity contribution in [3.8, 4) is 17.2 Å². The van der Waals surface area contributed by atoms with Crippen LogP contribution in [0.2, 0.25) is 0 Å². The van der Waals surface area contributed by atoms with Gasteiger partial charge >= 0.3 is 0 Å². The number of aryl methyl sites for hydroxylation is 2. The summed E-state index contributed by atoms with van der Waals surface area (Å²) in [6.07, 6.45) is 0. The number of methoxy groups -OCH3 is 1. The SMILES string of the molecule is COc1ccc(C)cc1N(CC(=O)N[C@H](C)c1ccc2c(c1)OCCO2)S(=O)(=O)c1ccc(C)cc1. The normalized spacial score (nSPS) is 13.6. The molecule has 0 radical (unpaired) electrons. The van der Waals surface area contributed by atoms with Crippen molar-refractivity contribution in [2.45, 2.75) is 31.7 Å². The first-order valence-electron chi connectivity index (χ1n) is 11.6. The van der Waals surface area contributed by atoms with Crippen molar-refractivity contribution >= 4 is 21.6 Å². The van der Waals surface area contributed by atoms with E-state index in [-0.39, 0.29) is 4.90 Å². The lowest BCUT2D eigenvalue weighted by atomic mass is 10.1. The van der Waals surface area contributed by atoms with E-state index in [0.717, 1.165) is 21.0 Å². The molecular weight excluding hydrogens is 480 g/mol. The lowest BCUT2D eigenvalue weighted by Gasteiger charge is -2.27. The maximum Gasteiger partial charge on any atom is 0.264 e. The summed E-state index contributed by atoms with van der Waals surface area (Å²) in [6, 6.07) is 16.8. The Bertz CT molecular complexity index is 1360. The molecule has 1 heterocycles. The van der Waals surface area contributed by atoms with E-state index in [1.54, 1.807) is 30.3 Å². The molecule has 3 aromatic carbocycles. The van der Waals surface area contributed by atoms with Gasteiger partial charge in [-0.15, -0.1) is 0 Å². The molecule has 3 aromatic rings. The largest absolute Gasteiger partial charge is 0.495 e. The highest BCUT2D eigenvalue weighted by atomic mass is 32.2. The van der Waals surface area contributed by atoms with Crippen LogP contribution in [0.5, 0.6) is 17.2 Å². The van der Waals surface area contributed by atoms with E-state index in [1.807, 2.05) is 39.0 Å². The van der Waals surface area contributed by atoms with Crippen LogP contribution in [0.15, 0.2) is 65.6 Å². The minimum absolute atomic E-state index is 0.0874. The van der Waals surface area contributed by atoms with Crippen molar-refractivity contribution in [1.82, 2.24) is 5.32 Å². The highest BCUT2D eigenvalue weighted by molar-refractivity contribution is 7.92. The van der Waals surface area contributed by atoms with E-state index in [4.69, 9.17) is 14.2 Å². The first kappa shape index (κ1) is 25.4. The number of hydrogen-bond acceptors (Lipinski definition) is 6. The molecule has 1 aliphatic heterocycles. The van der Waals surface area contributed by atoms with Gasteiger partial charge in [-0.1, -0.05) is 29.8 Å². The number of nitrogens with one attached hydrogen (secondary N) is 1. The Hall–Kier alpha value is -3.72. The Balaban J connectivity index is 1.63. The molecule has 0 unspecified atom stereocenters. The van der Waals surface area contributed by atoms with Crippen molar-refractivity contribution in [2.24, 2.45) is 0 Å². The number of sulfonamides is 1. The monoisotopic (exact) mass is 510 g/mol. The standard InChI is InChI=1S/C27H30N2O6S/c1-18-5-9-22(10-6-18)36(31,32)29(23-15-19(2)7-11-24(23)33-4)17-27(30)28-20(3)21-8-12-25-26(16-21)35-14-13-34-25/h5-12,15-16,20H,13-14,17H2,1-4H3,(H,28,30)/t20-/m1/s1.